The van der Waals surface area contributed by atoms with Gasteiger partial charge in [0.15, 0.2) is 0 Å². The average molecular weight is 326 g/mol. The van der Waals surface area contributed by atoms with Gasteiger partial charge >= 0.3 is 0 Å². The maximum absolute atomic E-state index is 11.9. The molecule has 8 heteroatoms. The Balaban J connectivity index is 2.13. The van der Waals surface area contributed by atoms with E-state index in [1.54, 1.807) is 12.3 Å². The van der Waals surface area contributed by atoms with Gasteiger partial charge in [0.05, 0.1) is 37.3 Å². The molecule has 2 N–H and O–H groups in total. The van der Waals surface area contributed by atoms with Crippen LogP contribution >= 0.6 is 15.9 Å². The standard InChI is InChI=1S/C11H12BrN5O2/c12-10-9(7-15-17(4-5-18)11(10)19)13-6-8-2-1-3-14-16-8/h1-3,7,13,18H,4-6H2. The fraction of sp³-hybridized carbons (Fsp3) is 0.273. The maximum Gasteiger partial charge on any atom is 0.283 e. The fourth-order valence-electron chi connectivity index (χ4n) is 1.46. The lowest BCUT2D eigenvalue weighted by Gasteiger charge is -2.09. The highest BCUT2D eigenvalue weighted by Gasteiger charge is 2.08. The Morgan fingerprint density at radius 3 is 3.00 bits per heavy atom. The number of aliphatic hydroxyl groups excluding tert-OH is 1. The number of hydrogen-bond acceptors (Lipinski definition) is 6. The van der Waals surface area contributed by atoms with Gasteiger partial charge in [0.1, 0.15) is 4.47 Å². The number of anilines is 1. The Bertz CT molecular complexity index is 602. The van der Waals surface area contributed by atoms with E-state index >= 15 is 0 Å². The van der Waals surface area contributed by atoms with E-state index in [1.807, 2.05) is 6.07 Å². The fourth-order valence-corrected chi connectivity index (χ4v) is 1.90. The molecule has 2 heterocycles. The summed E-state index contributed by atoms with van der Waals surface area (Å²) >= 11 is 3.22. The van der Waals surface area contributed by atoms with Crippen molar-refractivity contribution >= 4 is 21.6 Å². The van der Waals surface area contributed by atoms with Crippen LogP contribution < -0.4 is 10.9 Å². The highest BCUT2D eigenvalue weighted by Crippen LogP contribution is 2.16. The molecule has 0 aliphatic rings. The summed E-state index contributed by atoms with van der Waals surface area (Å²) < 4.78 is 1.57. The number of halogens is 1. The van der Waals surface area contributed by atoms with Crippen LogP contribution in [0.25, 0.3) is 0 Å². The summed E-state index contributed by atoms with van der Waals surface area (Å²) in [7, 11) is 0. The van der Waals surface area contributed by atoms with Crippen LogP contribution in [0, 0.1) is 0 Å². The van der Waals surface area contributed by atoms with Gasteiger partial charge in [-0.3, -0.25) is 4.79 Å². The monoisotopic (exact) mass is 325 g/mol. The van der Waals surface area contributed by atoms with E-state index in [4.69, 9.17) is 5.11 Å². The second-order valence-corrected chi connectivity index (χ2v) is 4.49. The molecule has 0 bridgehead atoms. The van der Waals surface area contributed by atoms with E-state index in [1.165, 1.54) is 10.9 Å². The van der Waals surface area contributed by atoms with Crippen molar-refractivity contribution in [3.8, 4) is 0 Å². The summed E-state index contributed by atoms with van der Waals surface area (Å²) in [5.41, 5.74) is 1.04. The Morgan fingerprint density at radius 1 is 1.47 bits per heavy atom. The van der Waals surface area contributed by atoms with Gasteiger partial charge in [-0.25, -0.2) is 4.68 Å². The SMILES string of the molecule is O=c1c(Br)c(NCc2cccnn2)cnn1CCO. The molecule has 0 fully saturated rings. The van der Waals surface area contributed by atoms with E-state index < -0.39 is 0 Å². The third kappa shape index (κ3) is 3.36. The van der Waals surface area contributed by atoms with E-state index in [9.17, 15) is 4.79 Å². The first-order valence-electron chi connectivity index (χ1n) is 5.59. The zero-order valence-corrected chi connectivity index (χ0v) is 11.5. The van der Waals surface area contributed by atoms with Crippen LogP contribution in [0.4, 0.5) is 5.69 Å². The van der Waals surface area contributed by atoms with Crippen LogP contribution in [-0.4, -0.2) is 31.7 Å². The second kappa shape index (κ2) is 6.39. The van der Waals surface area contributed by atoms with Crippen LogP contribution in [0.1, 0.15) is 5.69 Å². The topological polar surface area (TPSA) is 92.9 Å². The summed E-state index contributed by atoms with van der Waals surface area (Å²) in [5.74, 6) is 0. The first kappa shape index (κ1) is 13.6. The lowest BCUT2D eigenvalue weighted by molar-refractivity contribution is 0.266. The first-order valence-corrected chi connectivity index (χ1v) is 6.38. The van der Waals surface area contributed by atoms with Crippen molar-refractivity contribution in [2.75, 3.05) is 11.9 Å². The molecule has 0 radical (unpaired) electrons. The molecule has 0 saturated heterocycles. The number of aliphatic hydroxyl groups is 1. The third-order valence-corrected chi connectivity index (χ3v) is 3.15. The van der Waals surface area contributed by atoms with Crippen molar-refractivity contribution in [3.05, 3.63) is 45.0 Å². The van der Waals surface area contributed by atoms with Gasteiger partial charge in [-0.2, -0.15) is 15.3 Å². The van der Waals surface area contributed by atoms with Crippen molar-refractivity contribution in [2.24, 2.45) is 0 Å². The Kier molecular flexibility index (Phi) is 4.58. The minimum absolute atomic E-state index is 0.133. The maximum atomic E-state index is 11.9. The van der Waals surface area contributed by atoms with Crippen LogP contribution in [0.15, 0.2) is 33.8 Å². The summed E-state index contributed by atoms with van der Waals surface area (Å²) in [6.07, 6.45) is 3.12. The molecule has 7 nitrogen and oxygen atoms in total. The molecular formula is C11H12BrN5O2. The molecule has 2 aromatic rings. The van der Waals surface area contributed by atoms with Crippen molar-refractivity contribution in [2.45, 2.75) is 13.1 Å². The van der Waals surface area contributed by atoms with Gasteiger partial charge in [-0.05, 0) is 28.1 Å². The van der Waals surface area contributed by atoms with Gasteiger partial charge in [-0.1, -0.05) is 0 Å². The molecule has 0 amide bonds. The first-order chi connectivity index (χ1) is 9.22. The largest absolute Gasteiger partial charge is 0.394 e. The van der Waals surface area contributed by atoms with Gasteiger partial charge < -0.3 is 10.4 Å². The summed E-state index contributed by atoms with van der Waals surface area (Å²) in [6.45, 7) is 0.477. The molecule has 2 rings (SSSR count). The molecule has 0 aromatic carbocycles. The van der Waals surface area contributed by atoms with Gasteiger partial charge in [0.2, 0.25) is 0 Å². The zero-order valence-electron chi connectivity index (χ0n) is 9.95. The van der Waals surface area contributed by atoms with E-state index in [0.717, 1.165) is 5.69 Å². The summed E-state index contributed by atoms with van der Waals surface area (Å²) in [6, 6.07) is 3.62. The van der Waals surface area contributed by atoms with E-state index in [0.29, 0.717) is 16.7 Å². The molecule has 0 atom stereocenters. The van der Waals surface area contributed by atoms with Gasteiger partial charge in [0, 0.05) is 6.20 Å². The molecule has 19 heavy (non-hydrogen) atoms. The molecular weight excluding hydrogens is 314 g/mol. The lowest BCUT2D eigenvalue weighted by Crippen LogP contribution is -2.25. The quantitative estimate of drug-likeness (QED) is 0.826. The molecule has 0 aliphatic heterocycles. The molecule has 0 spiro atoms. The molecule has 0 unspecified atom stereocenters. The van der Waals surface area contributed by atoms with Crippen LogP contribution in [0.2, 0.25) is 0 Å². The van der Waals surface area contributed by atoms with Crippen LogP contribution in [-0.2, 0) is 13.1 Å². The number of nitrogens with zero attached hydrogens (tertiary/aromatic N) is 4. The number of hydrogen-bond donors (Lipinski definition) is 2. The number of aromatic nitrogens is 4. The Hall–Kier alpha value is -1.80. The predicted molar refractivity (Wildman–Crippen MR) is 72.6 cm³/mol. The van der Waals surface area contributed by atoms with Crippen LogP contribution in [0.5, 0.6) is 0 Å². The van der Waals surface area contributed by atoms with Crippen LogP contribution in [0.3, 0.4) is 0 Å². The Morgan fingerprint density at radius 2 is 2.32 bits per heavy atom. The Labute approximate surface area is 117 Å². The van der Waals surface area contributed by atoms with E-state index in [-0.39, 0.29) is 18.7 Å². The molecule has 0 saturated carbocycles. The highest BCUT2D eigenvalue weighted by atomic mass is 79.9. The minimum atomic E-state index is -0.293. The summed E-state index contributed by atoms with van der Waals surface area (Å²) in [4.78, 5) is 11.9. The average Bonchev–Trinajstić information content (AvgIpc) is 2.44. The van der Waals surface area contributed by atoms with Crippen molar-refractivity contribution in [1.29, 1.82) is 0 Å². The van der Waals surface area contributed by atoms with Crippen molar-refractivity contribution in [1.82, 2.24) is 20.0 Å². The van der Waals surface area contributed by atoms with Crippen molar-refractivity contribution < 1.29 is 5.11 Å². The minimum Gasteiger partial charge on any atom is -0.394 e. The smallest absolute Gasteiger partial charge is 0.283 e. The molecule has 100 valence electrons. The van der Waals surface area contributed by atoms with Gasteiger partial charge in [-0.15, -0.1) is 0 Å². The third-order valence-electron chi connectivity index (χ3n) is 2.38. The lowest BCUT2D eigenvalue weighted by atomic mass is 10.3. The molecule has 0 aliphatic carbocycles. The van der Waals surface area contributed by atoms with Crippen molar-refractivity contribution in [3.63, 3.8) is 0 Å². The second-order valence-electron chi connectivity index (χ2n) is 3.69. The predicted octanol–water partition coefficient (Wildman–Crippen LogP) is 0.400. The molecule has 2 aromatic heterocycles. The van der Waals surface area contributed by atoms with E-state index in [2.05, 4.69) is 36.5 Å². The number of nitrogens with one attached hydrogen (secondary N) is 1. The number of rotatable bonds is 5. The summed E-state index contributed by atoms with van der Waals surface area (Å²) in [5, 5.41) is 23.5. The van der Waals surface area contributed by atoms with Gasteiger partial charge in [0.25, 0.3) is 5.56 Å². The normalized spacial score (nSPS) is 10.4. The highest BCUT2D eigenvalue weighted by molar-refractivity contribution is 9.10. The zero-order chi connectivity index (χ0) is 13.7.